The molecule has 134 valence electrons. The predicted octanol–water partition coefficient (Wildman–Crippen LogP) is 5.56. The molecule has 0 aliphatic heterocycles. The topological polar surface area (TPSA) is 38.3 Å². The largest absolute Gasteiger partial charge is 0.480 e. The van der Waals surface area contributed by atoms with E-state index < -0.39 is 6.10 Å². The number of nitrogens with one attached hydrogen (secondary N) is 1. The van der Waals surface area contributed by atoms with Crippen molar-refractivity contribution in [2.75, 3.05) is 5.32 Å². The zero-order chi connectivity index (χ0) is 18.7. The SMILES string of the molecule is CC[C@H](Oc1cccc2ccccc12)C(=O)Nc1c(C)cc(C)cc1C. The molecule has 3 nitrogen and oxygen atoms in total. The van der Waals surface area contributed by atoms with Gasteiger partial charge in [0, 0.05) is 11.1 Å². The van der Waals surface area contributed by atoms with E-state index in [4.69, 9.17) is 4.74 Å². The zero-order valence-electron chi connectivity index (χ0n) is 15.8. The highest BCUT2D eigenvalue weighted by Crippen LogP contribution is 2.27. The Morgan fingerprint density at radius 3 is 2.35 bits per heavy atom. The quantitative estimate of drug-likeness (QED) is 0.656. The predicted molar refractivity (Wildman–Crippen MR) is 108 cm³/mol. The smallest absolute Gasteiger partial charge is 0.265 e. The van der Waals surface area contributed by atoms with E-state index >= 15 is 0 Å². The van der Waals surface area contributed by atoms with Gasteiger partial charge in [-0.25, -0.2) is 0 Å². The number of carbonyl (C=O) groups excluding carboxylic acids is 1. The summed E-state index contributed by atoms with van der Waals surface area (Å²) in [6.45, 7) is 8.05. The fourth-order valence-corrected chi connectivity index (χ4v) is 3.35. The molecule has 0 aliphatic carbocycles. The average molecular weight is 347 g/mol. The maximum absolute atomic E-state index is 12.8. The van der Waals surface area contributed by atoms with Gasteiger partial charge in [-0.05, 0) is 49.8 Å². The fraction of sp³-hybridized carbons (Fsp3) is 0.261. The van der Waals surface area contributed by atoms with Crippen LogP contribution in [0.3, 0.4) is 0 Å². The summed E-state index contributed by atoms with van der Waals surface area (Å²) in [7, 11) is 0. The molecule has 26 heavy (non-hydrogen) atoms. The lowest BCUT2D eigenvalue weighted by molar-refractivity contribution is -0.122. The third-order valence-electron chi connectivity index (χ3n) is 4.61. The highest BCUT2D eigenvalue weighted by Gasteiger charge is 2.20. The molecule has 3 heteroatoms. The van der Waals surface area contributed by atoms with E-state index in [-0.39, 0.29) is 5.91 Å². The van der Waals surface area contributed by atoms with Crippen LogP contribution in [0.2, 0.25) is 0 Å². The summed E-state index contributed by atoms with van der Waals surface area (Å²) < 4.78 is 6.10. The first kappa shape index (κ1) is 18.0. The zero-order valence-corrected chi connectivity index (χ0v) is 15.8. The van der Waals surface area contributed by atoms with Gasteiger partial charge in [0.25, 0.3) is 5.91 Å². The van der Waals surface area contributed by atoms with Crippen LogP contribution in [0.15, 0.2) is 54.6 Å². The van der Waals surface area contributed by atoms with Crippen molar-refractivity contribution in [2.24, 2.45) is 0 Å². The van der Waals surface area contributed by atoms with Crippen LogP contribution in [0.5, 0.6) is 5.75 Å². The van der Waals surface area contributed by atoms with Crippen molar-refractivity contribution in [1.82, 2.24) is 0 Å². The Labute approximate surface area is 155 Å². The van der Waals surface area contributed by atoms with Crippen LogP contribution in [-0.4, -0.2) is 12.0 Å². The van der Waals surface area contributed by atoms with E-state index in [1.807, 2.05) is 63.2 Å². The maximum Gasteiger partial charge on any atom is 0.265 e. The summed E-state index contributed by atoms with van der Waals surface area (Å²) in [5.41, 5.74) is 4.20. The summed E-state index contributed by atoms with van der Waals surface area (Å²) in [6, 6.07) is 18.1. The van der Waals surface area contributed by atoms with Crippen LogP contribution < -0.4 is 10.1 Å². The second kappa shape index (κ2) is 7.61. The number of ether oxygens (including phenoxy) is 1. The van der Waals surface area contributed by atoms with Crippen molar-refractivity contribution in [3.05, 3.63) is 71.3 Å². The molecule has 0 saturated heterocycles. The number of hydrogen-bond donors (Lipinski definition) is 1. The highest BCUT2D eigenvalue weighted by atomic mass is 16.5. The van der Waals surface area contributed by atoms with Crippen molar-refractivity contribution >= 4 is 22.4 Å². The van der Waals surface area contributed by atoms with Crippen molar-refractivity contribution in [2.45, 2.75) is 40.2 Å². The van der Waals surface area contributed by atoms with E-state index in [1.54, 1.807) is 0 Å². The van der Waals surface area contributed by atoms with Gasteiger partial charge in [0.2, 0.25) is 0 Å². The monoisotopic (exact) mass is 347 g/mol. The summed E-state index contributed by atoms with van der Waals surface area (Å²) in [5, 5.41) is 5.18. The fourth-order valence-electron chi connectivity index (χ4n) is 3.35. The van der Waals surface area contributed by atoms with Crippen molar-refractivity contribution in [3.63, 3.8) is 0 Å². The molecule has 0 heterocycles. The third kappa shape index (κ3) is 3.72. The molecule has 0 unspecified atom stereocenters. The van der Waals surface area contributed by atoms with Gasteiger partial charge in [-0.2, -0.15) is 0 Å². The lowest BCUT2D eigenvalue weighted by Crippen LogP contribution is -2.33. The van der Waals surface area contributed by atoms with E-state index in [1.165, 1.54) is 5.56 Å². The molecule has 0 saturated carbocycles. The highest BCUT2D eigenvalue weighted by molar-refractivity contribution is 5.96. The number of aryl methyl sites for hydroxylation is 3. The van der Waals surface area contributed by atoms with Crippen molar-refractivity contribution in [1.29, 1.82) is 0 Å². The number of carbonyl (C=O) groups is 1. The third-order valence-corrected chi connectivity index (χ3v) is 4.61. The van der Waals surface area contributed by atoms with Gasteiger partial charge in [-0.15, -0.1) is 0 Å². The number of rotatable bonds is 5. The minimum atomic E-state index is -0.541. The number of fused-ring (bicyclic) bond motifs is 1. The Morgan fingerprint density at radius 2 is 1.65 bits per heavy atom. The minimum Gasteiger partial charge on any atom is -0.480 e. The molecule has 0 aromatic heterocycles. The molecule has 0 bridgehead atoms. The second-order valence-electron chi connectivity index (χ2n) is 6.75. The van der Waals surface area contributed by atoms with E-state index in [9.17, 15) is 4.79 Å². The molecule has 1 amide bonds. The second-order valence-corrected chi connectivity index (χ2v) is 6.75. The lowest BCUT2D eigenvalue weighted by atomic mass is 10.0. The van der Waals surface area contributed by atoms with Gasteiger partial charge in [0.05, 0.1) is 0 Å². The van der Waals surface area contributed by atoms with Crippen LogP contribution in [0.1, 0.15) is 30.0 Å². The van der Waals surface area contributed by atoms with Crippen molar-refractivity contribution < 1.29 is 9.53 Å². The van der Waals surface area contributed by atoms with Gasteiger partial charge >= 0.3 is 0 Å². The molecule has 3 aromatic rings. The van der Waals surface area contributed by atoms with Crippen LogP contribution in [0.4, 0.5) is 5.69 Å². The molecule has 0 radical (unpaired) electrons. The Bertz CT molecular complexity index is 918. The molecule has 0 aliphatic rings. The summed E-state index contributed by atoms with van der Waals surface area (Å²) in [6.07, 6.45) is 0.0554. The summed E-state index contributed by atoms with van der Waals surface area (Å²) in [5.74, 6) is 0.623. The molecule has 0 fully saturated rings. The summed E-state index contributed by atoms with van der Waals surface area (Å²) >= 11 is 0. The van der Waals surface area contributed by atoms with Crippen LogP contribution in [-0.2, 0) is 4.79 Å². The molecular formula is C23H25NO2. The maximum atomic E-state index is 12.8. The van der Waals surface area contributed by atoms with Gasteiger partial charge in [-0.3, -0.25) is 4.79 Å². The molecule has 3 aromatic carbocycles. The van der Waals surface area contributed by atoms with E-state index in [0.717, 1.165) is 33.3 Å². The van der Waals surface area contributed by atoms with Gasteiger partial charge < -0.3 is 10.1 Å². The number of amides is 1. The molecular weight excluding hydrogens is 322 g/mol. The normalized spacial score (nSPS) is 12.0. The van der Waals surface area contributed by atoms with Gasteiger partial charge in [0.15, 0.2) is 6.10 Å². The van der Waals surface area contributed by atoms with Crippen molar-refractivity contribution in [3.8, 4) is 5.75 Å². The molecule has 3 rings (SSSR count). The average Bonchev–Trinajstić information content (AvgIpc) is 2.62. The lowest BCUT2D eigenvalue weighted by Gasteiger charge is -2.20. The Kier molecular flexibility index (Phi) is 5.27. The van der Waals surface area contributed by atoms with Crippen LogP contribution in [0, 0.1) is 20.8 Å². The first-order chi connectivity index (χ1) is 12.5. The molecule has 1 N–H and O–H groups in total. The Balaban J connectivity index is 1.84. The summed E-state index contributed by atoms with van der Waals surface area (Å²) in [4.78, 5) is 12.8. The standard InChI is InChI=1S/C23H25NO2/c1-5-20(23(25)24-22-16(3)13-15(2)14-17(22)4)26-21-12-8-10-18-9-6-7-11-19(18)21/h6-14,20H,5H2,1-4H3,(H,24,25)/t20-/m0/s1. The Morgan fingerprint density at radius 1 is 1.00 bits per heavy atom. The van der Waals surface area contributed by atoms with Crippen LogP contribution >= 0.6 is 0 Å². The molecule has 0 spiro atoms. The van der Waals surface area contributed by atoms with E-state index in [0.29, 0.717) is 6.42 Å². The van der Waals surface area contributed by atoms with E-state index in [2.05, 4.69) is 24.4 Å². The van der Waals surface area contributed by atoms with Gasteiger partial charge in [0.1, 0.15) is 5.75 Å². The number of anilines is 1. The first-order valence-electron chi connectivity index (χ1n) is 9.02. The minimum absolute atomic E-state index is 0.115. The van der Waals surface area contributed by atoms with Crippen LogP contribution in [0.25, 0.3) is 10.8 Å². The Hall–Kier alpha value is -2.81. The first-order valence-corrected chi connectivity index (χ1v) is 9.02. The van der Waals surface area contributed by atoms with Gasteiger partial charge in [-0.1, -0.05) is 61.0 Å². The number of hydrogen-bond acceptors (Lipinski definition) is 2. The molecule has 1 atom stereocenters. The number of benzene rings is 3.